The predicted molar refractivity (Wildman–Crippen MR) is 70.7 cm³/mol. The monoisotopic (exact) mass is 234 g/mol. The van der Waals surface area contributed by atoms with Crippen LogP contribution in [-0.2, 0) is 13.0 Å². The summed E-state index contributed by atoms with van der Waals surface area (Å²) in [5.74, 6) is 0. The minimum absolute atomic E-state index is 0.610. The number of rotatable bonds is 5. The molecule has 1 aromatic heterocycles. The first kappa shape index (κ1) is 11.6. The zero-order valence-electron chi connectivity index (χ0n) is 9.70. The molecule has 2 aromatic rings. The van der Waals surface area contributed by atoms with Crippen LogP contribution in [-0.4, -0.2) is 4.98 Å². The summed E-state index contributed by atoms with van der Waals surface area (Å²) in [7, 11) is 0. The van der Waals surface area contributed by atoms with Crippen LogP contribution in [0.25, 0.3) is 10.2 Å². The van der Waals surface area contributed by atoms with E-state index in [0.717, 1.165) is 11.9 Å². The maximum Gasteiger partial charge on any atom is 0.0938 e. The molecule has 2 N–H and O–H groups in total. The highest BCUT2D eigenvalue weighted by Gasteiger charge is 2.03. The third-order valence-electron chi connectivity index (χ3n) is 2.73. The number of benzene rings is 1. The molecule has 0 aliphatic heterocycles. The van der Waals surface area contributed by atoms with Crippen molar-refractivity contribution in [2.45, 2.75) is 39.2 Å². The summed E-state index contributed by atoms with van der Waals surface area (Å²) in [6, 6.07) is 6.31. The van der Waals surface area contributed by atoms with Crippen molar-refractivity contribution in [3.63, 3.8) is 0 Å². The molecular formula is C13H18N2S. The van der Waals surface area contributed by atoms with Gasteiger partial charge in [-0.25, -0.2) is 4.98 Å². The minimum Gasteiger partial charge on any atom is -0.326 e. The second-order valence-electron chi connectivity index (χ2n) is 4.07. The third kappa shape index (κ3) is 2.60. The average Bonchev–Trinajstić information content (AvgIpc) is 2.70. The van der Waals surface area contributed by atoms with Gasteiger partial charge in [0.1, 0.15) is 0 Å². The summed E-state index contributed by atoms with van der Waals surface area (Å²) in [5, 5.41) is 1.26. The lowest BCUT2D eigenvalue weighted by Gasteiger charge is -1.93. The van der Waals surface area contributed by atoms with Crippen molar-refractivity contribution in [1.82, 2.24) is 4.98 Å². The van der Waals surface area contributed by atoms with Crippen LogP contribution in [0.4, 0.5) is 0 Å². The topological polar surface area (TPSA) is 38.9 Å². The number of hydrogen-bond donors (Lipinski definition) is 1. The second-order valence-corrected chi connectivity index (χ2v) is 5.19. The number of nitrogens with two attached hydrogens (primary N) is 1. The molecule has 0 fully saturated rings. The number of fused-ring (bicyclic) bond motifs is 1. The van der Waals surface area contributed by atoms with Crippen molar-refractivity contribution in [2.75, 3.05) is 0 Å². The maximum atomic E-state index is 5.63. The lowest BCUT2D eigenvalue weighted by molar-refractivity contribution is 0.716. The lowest BCUT2D eigenvalue weighted by Crippen LogP contribution is -1.94. The molecule has 0 amide bonds. The molecule has 0 saturated heterocycles. The van der Waals surface area contributed by atoms with Gasteiger partial charge in [0.25, 0.3) is 0 Å². The van der Waals surface area contributed by atoms with E-state index in [9.17, 15) is 0 Å². The summed E-state index contributed by atoms with van der Waals surface area (Å²) in [6.07, 6.45) is 4.93. The van der Waals surface area contributed by atoms with Gasteiger partial charge in [0, 0.05) is 6.54 Å². The smallest absolute Gasteiger partial charge is 0.0938 e. The zero-order chi connectivity index (χ0) is 11.4. The molecule has 1 heterocycles. The quantitative estimate of drug-likeness (QED) is 0.804. The Hall–Kier alpha value is -0.930. The predicted octanol–water partition coefficient (Wildman–Crippen LogP) is 3.49. The average molecular weight is 234 g/mol. The Morgan fingerprint density at radius 2 is 2.19 bits per heavy atom. The summed E-state index contributed by atoms with van der Waals surface area (Å²) in [4.78, 5) is 4.64. The van der Waals surface area contributed by atoms with E-state index in [2.05, 4.69) is 30.1 Å². The van der Waals surface area contributed by atoms with Gasteiger partial charge in [0.05, 0.1) is 15.2 Å². The van der Waals surface area contributed by atoms with Gasteiger partial charge in [-0.3, -0.25) is 0 Å². The standard InChI is InChI=1S/C13H18N2S/c1-2-3-4-5-13-15-11-7-6-10(9-14)8-12(11)16-13/h6-8H,2-5,9,14H2,1H3. The van der Waals surface area contributed by atoms with Crippen LogP contribution in [0.5, 0.6) is 0 Å². The van der Waals surface area contributed by atoms with E-state index >= 15 is 0 Å². The number of aryl methyl sites for hydroxylation is 1. The van der Waals surface area contributed by atoms with Gasteiger partial charge in [-0.05, 0) is 30.5 Å². The molecule has 0 atom stereocenters. The highest BCUT2D eigenvalue weighted by molar-refractivity contribution is 7.18. The minimum atomic E-state index is 0.610. The Bertz CT molecular complexity index is 462. The molecule has 0 unspecified atom stereocenters. The summed E-state index contributed by atoms with van der Waals surface area (Å²) in [5.41, 5.74) is 7.94. The first-order chi connectivity index (χ1) is 7.83. The van der Waals surface area contributed by atoms with Crippen LogP contribution in [0.3, 0.4) is 0 Å². The van der Waals surface area contributed by atoms with Crippen molar-refractivity contribution >= 4 is 21.6 Å². The van der Waals surface area contributed by atoms with Crippen LogP contribution in [0.2, 0.25) is 0 Å². The Kier molecular flexibility index (Phi) is 3.91. The lowest BCUT2D eigenvalue weighted by atomic mass is 10.2. The second kappa shape index (κ2) is 5.41. The molecular weight excluding hydrogens is 216 g/mol. The van der Waals surface area contributed by atoms with Crippen LogP contribution in [0, 0.1) is 0 Å². The molecule has 2 nitrogen and oxygen atoms in total. The van der Waals surface area contributed by atoms with E-state index in [4.69, 9.17) is 5.73 Å². The van der Waals surface area contributed by atoms with Crippen molar-refractivity contribution in [1.29, 1.82) is 0 Å². The zero-order valence-corrected chi connectivity index (χ0v) is 10.5. The van der Waals surface area contributed by atoms with E-state index in [-0.39, 0.29) is 0 Å². The molecule has 0 bridgehead atoms. The number of aromatic nitrogens is 1. The summed E-state index contributed by atoms with van der Waals surface area (Å²) < 4.78 is 1.27. The third-order valence-corrected chi connectivity index (χ3v) is 3.80. The van der Waals surface area contributed by atoms with Gasteiger partial charge in [-0.15, -0.1) is 11.3 Å². The van der Waals surface area contributed by atoms with E-state index in [1.807, 2.05) is 11.3 Å². The van der Waals surface area contributed by atoms with Gasteiger partial charge in [0.15, 0.2) is 0 Å². The summed E-state index contributed by atoms with van der Waals surface area (Å²) in [6.45, 7) is 2.84. The normalized spacial score (nSPS) is 11.1. The molecule has 2 rings (SSSR count). The van der Waals surface area contributed by atoms with Gasteiger partial charge in [-0.2, -0.15) is 0 Å². The molecule has 0 aliphatic rings. The number of thiazole rings is 1. The van der Waals surface area contributed by atoms with E-state index in [1.165, 1.54) is 34.5 Å². The molecule has 1 aromatic carbocycles. The largest absolute Gasteiger partial charge is 0.326 e. The van der Waals surface area contributed by atoms with Gasteiger partial charge in [0.2, 0.25) is 0 Å². The van der Waals surface area contributed by atoms with Crippen LogP contribution in [0.1, 0.15) is 36.8 Å². The highest BCUT2D eigenvalue weighted by Crippen LogP contribution is 2.24. The van der Waals surface area contributed by atoms with Crippen molar-refractivity contribution in [3.05, 3.63) is 28.8 Å². The van der Waals surface area contributed by atoms with Gasteiger partial charge in [-0.1, -0.05) is 25.8 Å². The number of nitrogens with zero attached hydrogens (tertiary/aromatic N) is 1. The Labute approximate surface area is 101 Å². The highest BCUT2D eigenvalue weighted by atomic mass is 32.1. The van der Waals surface area contributed by atoms with Crippen molar-refractivity contribution in [2.24, 2.45) is 5.73 Å². The Morgan fingerprint density at radius 3 is 2.94 bits per heavy atom. The van der Waals surface area contributed by atoms with E-state index in [1.54, 1.807) is 0 Å². The Balaban J connectivity index is 2.16. The van der Waals surface area contributed by atoms with Crippen LogP contribution in [0.15, 0.2) is 18.2 Å². The molecule has 3 heteroatoms. The fraction of sp³-hybridized carbons (Fsp3) is 0.462. The molecule has 0 saturated carbocycles. The van der Waals surface area contributed by atoms with Gasteiger partial charge >= 0.3 is 0 Å². The molecule has 86 valence electrons. The first-order valence-electron chi connectivity index (χ1n) is 5.92. The fourth-order valence-corrected chi connectivity index (χ4v) is 2.85. The van der Waals surface area contributed by atoms with E-state index in [0.29, 0.717) is 6.54 Å². The van der Waals surface area contributed by atoms with Gasteiger partial charge < -0.3 is 5.73 Å². The van der Waals surface area contributed by atoms with E-state index < -0.39 is 0 Å². The first-order valence-corrected chi connectivity index (χ1v) is 6.73. The summed E-state index contributed by atoms with van der Waals surface area (Å²) >= 11 is 1.81. The molecule has 0 spiro atoms. The number of unbranched alkanes of at least 4 members (excludes halogenated alkanes) is 2. The van der Waals surface area contributed by atoms with Crippen molar-refractivity contribution in [3.8, 4) is 0 Å². The van der Waals surface area contributed by atoms with Crippen LogP contribution >= 0.6 is 11.3 Å². The fourth-order valence-electron chi connectivity index (χ4n) is 1.78. The van der Waals surface area contributed by atoms with Crippen molar-refractivity contribution < 1.29 is 0 Å². The molecule has 0 radical (unpaired) electrons. The molecule has 16 heavy (non-hydrogen) atoms. The Morgan fingerprint density at radius 1 is 1.31 bits per heavy atom. The van der Waals surface area contributed by atoms with Crippen LogP contribution < -0.4 is 5.73 Å². The maximum absolute atomic E-state index is 5.63. The SMILES string of the molecule is CCCCCc1nc2ccc(CN)cc2s1. The number of hydrogen-bond acceptors (Lipinski definition) is 3. The molecule has 0 aliphatic carbocycles.